The van der Waals surface area contributed by atoms with Crippen molar-refractivity contribution in [3.8, 4) is 0 Å². The molecule has 264 valence electrons. The Labute approximate surface area is 285 Å². The molecule has 0 heterocycles. The van der Waals surface area contributed by atoms with Crippen LogP contribution in [0.4, 0.5) is 0 Å². The Morgan fingerprint density at radius 3 is 1.23 bits per heavy atom. The van der Waals surface area contributed by atoms with Gasteiger partial charge in [0.15, 0.2) is 0 Å². The molecular weight excluding hydrogens is 603 g/mol. The predicted octanol–water partition coefficient (Wildman–Crippen LogP) is 10.6. The first-order valence-electron chi connectivity index (χ1n) is 15.5. The Bertz CT molecular complexity index is 928. The van der Waals surface area contributed by atoms with Gasteiger partial charge in [-0.1, -0.05) is 140 Å². The van der Waals surface area contributed by atoms with Crippen LogP contribution in [-0.4, -0.2) is 37.6 Å². The van der Waals surface area contributed by atoms with Crippen molar-refractivity contribution in [1.82, 2.24) is 0 Å². The van der Waals surface area contributed by atoms with E-state index in [0.717, 1.165) is 12.0 Å². The number of hydrogen-bond donors (Lipinski definition) is 1. The summed E-state index contributed by atoms with van der Waals surface area (Å²) in [6.07, 6.45) is 17.1. The molecule has 0 radical (unpaired) electrons. The van der Waals surface area contributed by atoms with Crippen molar-refractivity contribution in [3.63, 3.8) is 0 Å². The molecule has 0 amide bonds. The van der Waals surface area contributed by atoms with Crippen molar-refractivity contribution in [1.29, 1.82) is 0 Å². The fourth-order valence-corrected chi connectivity index (χ4v) is 9.57. The van der Waals surface area contributed by atoms with E-state index < -0.39 is 17.4 Å². The van der Waals surface area contributed by atoms with Crippen LogP contribution in [0.25, 0.3) is 0 Å². The summed E-state index contributed by atoms with van der Waals surface area (Å²) < 4.78 is 30.2. The standard InChI is InChI=1S/C14H32P.C10H14O3S.C10H14.4CH4.ClH/c1-5-9-12-15(8-4,13-10-6-2)14-11-7-3;1-3-8(2)9-4-6-10(7-5-9)14(11,12)13;1-3-9(2)10-7-5-4-6-8-10;;;;;/h5-14H2,1-4H3;4-8H,3H2,1-2H3,(H,11,12,13);4-9H,3H2,1-2H3;4*1H4;1H/q+1;;;;;;;/p-1. The first-order valence-corrected chi connectivity index (χ1v) is 19.5. The Kier molecular flexibility index (Phi) is 40.4. The molecule has 0 aliphatic rings. The van der Waals surface area contributed by atoms with Crippen LogP contribution in [0.1, 0.15) is 159 Å². The highest BCUT2D eigenvalue weighted by Crippen LogP contribution is 2.60. The Balaban J connectivity index is -0.000000118. The molecule has 6 heteroatoms. The van der Waals surface area contributed by atoms with E-state index in [-0.39, 0.29) is 47.0 Å². The molecule has 2 rings (SSSR count). The van der Waals surface area contributed by atoms with Crippen LogP contribution in [0, 0.1) is 0 Å². The van der Waals surface area contributed by atoms with E-state index in [1.54, 1.807) is 30.6 Å². The van der Waals surface area contributed by atoms with Crippen molar-refractivity contribution >= 4 is 17.4 Å². The molecule has 3 nitrogen and oxygen atoms in total. The van der Waals surface area contributed by atoms with Gasteiger partial charge in [0.25, 0.3) is 10.1 Å². The van der Waals surface area contributed by atoms with E-state index in [0.29, 0.717) is 11.8 Å². The molecule has 0 saturated heterocycles. The third-order valence-corrected chi connectivity index (χ3v) is 14.0. The minimum Gasteiger partial charge on any atom is -1.00 e. The Morgan fingerprint density at radius 2 is 0.955 bits per heavy atom. The predicted molar refractivity (Wildman–Crippen MR) is 204 cm³/mol. The molecule has 1 N–H and O–H groups in total. The highest BCUT2D eigenvalue weighted by atomic mass is 35.5. The summed E-state index contributed by atoms with van der Waals surface area (Å²) in [4.78, 5) is -0.0513. The highest BCUT2D eigenvalue weighted by molar-refractivity contribution is 7.85. The molecule has 0 bridgehead atoms. The number of benzene rings is 2. The molecular formula is C38H76ClO3PS. The molecule has 0 aliphatic carbocycles. The lowest BCUT2D eigenvalue weighted by molar-refractivity contribution is -0.0000144. The second-order valence-electron chi connectivity index (χ2n) is 11.0. The molecule has 44 heavy (non-hydrogen) atoms. The van der Waals surface area contributed by atoms with Crippen molar-refractivity contribution in [2.24, 2.45) is 0 Å². The average molecular weight is 680 g/mol. The van der Waals surface area contributed by atoms with Gasteiger partial charge in [-0.2, -0.15) is 8.42 Å². The third kappa shape index (κ3) is 23.4. The van der Waals surface area contributed by atoms with Crippen LogP contribution < -0.4 is 12.4 Å². The summed E-state index contributed by atoms with van der Waals surface area (Å²) in [5.41, 5.74) is 2.53. The molecule has 2 aromatic rings. The Hall–Kier alpha value is -0.930. The lowest BCUT2D eigenvalue weighted by Crippen LogP contribution is -3.00. The van der Waals surface area contributed by atoms with Gasteiger partial charge in [-0.05, 0) is 74.1 Å². The summed E-state index contributed by atoms with van der Waals surface area (Å²) in [7, 11) is -4.58. The smallest absolute Gasteiger partial charge is 0.294 e. The van der Waals surface area contributed by atoms with Crippen LogP contribution in [0.2, 0.25) is 0 Å². The van der Waals surface area contributed by atoms with Gasteiger partial charge in [0.2, 0.25) is 0 Å². The molecule has 0 aromatic heterocycles. The normalized spacial score (nSPS) is 11.5. The lowest BCUT2D eigenvalue weighted by Gasteiger charge is -2.26. The van der Waals surface area contributed by atoms with Crippen molar-refractivity contribution in [2.75, 3.05) is 24.6 Å². The van der Waals surface area contributed by atoms with Gasteiger partial charge >= 0.3 is 0 Å². The number of unbranched alkanes of at least 4 members (excludes halogenated alkanes) is 3. The zero-order chi connectivity index (χ0) is 29.7. The first-order chi connectivity index (χ1) is 18.5. The monoisotopic (exact) mass is 678 g/mol. The van der Waals surface area contributed by atoms with Crippen LogP contribution in [0.5, 0.6) is 0 Å². The summed E-state index contributed by atoms with van der Waals surface area (Å²) in [6.45, 7) is 18.1. The van der Waals surface area contributed by atoms with Gasteiger partial charge in [-0.3, -0.25) is 4.55 Å². The van der Waals surface area contributed by atoms with E-state index in [1.807, 2.05) is 0 Å². The zero-order valence-electron chi connectivity index (χ0n) is 26.8. The topological polar surface area (TPSA) is 54.4 Å². The molecule has 0 fully saturated rings. The number of halogens is 1. The maximum absolute atomic E-state index is 10.7. The van der Waals surface area contributed by atoms with Gasteiger partial charge < -0.3 is 12.4 Å². The summed E-state index contributed by atoms with van der Waals surface area (Å²) in [5.74, 6) is 1.12. The van der Waals surface area contributed by atoms with E-state index in [1.165, 1.54) is 68.8 Å². The van der Waals surface area contributed by atoms with E-state index in [2.05, 4.69) is 85.7 Å². The van der Waals surface area contributed by atoms with E-state index >= 15 is 0 Å². The Morgan fingerprint density at radius 1 is 0.614 bits per heavy atom. The molecule has 0 aliphatic heterocycles. The highest BCUT2D eigenvalue weighted by Gasteiger charge is 2.32. The molecule has 2 unspecified atom stereocenters. The number of hydrogen-bond acceptors (Lipinski definition) is 2. The number of rotatable bonds is 15. The summed E-state index contributed by atoms with van der Waals surface area (Å²) >= 11 is 0. The quantitative estimate of drug-likeness (QED) is 0.151. The molecule has 0 saturated carbocycles. The van der Waals surface area contributed by atoms with Crippen molar-refractivity contribution < 1.29 is 25.4 Å². The van der Waals surface area contributed by atoms with Crippen molar-refractivity contribution in [3.05, 3.63) is 65.7 Å². The average Bonchev–Trinajstić information content (AvgIpc) is 2.97. The third-order valence-electron chi connectivity index (χ3n) is 7.97. The van der Waals surface area contributed by atoms with Gasteiger partial charge in [0, 0.05) is 7.26 Å². The van der Waals surface area contributed by atoms with Crippen LogP contribution in [0.3, 0.4) is 0 Å². The molecule has 0 spiro atoms. The zero-order valence-corrected chi connectivity index (χ0v) is 29.3. The van der Waals surface area contributed by atoms with Gasteiger partial charge in [-0.25, -0.2) is 0 Å². The molecule has 2 atom stereocenters. The van der Waals surface area contributed by atoms with E-state index in [4.69, 9.17) is 4.55 Å². The SMILES string of the molecule is C.C.C.C.CCC(C)c1ccc(S(=O)(=O)O)cc1.CCC(C)c1ccccc1.CCCC[P+](CC)(CCCC)CCCC.[Cl-]. The fraction of sp³-hybridized carbons (Fsp3) is 0.684. The summed E-state index contributed by atoms with van der Waals surface area (Å²) in [5, 5.41) is 0. The summed E-state index contributed by atoms with van der Waals surface area (Å²) in [6, 6.07) is 17.0. The van der Waals surface area contributed by atoms with E-state index in [9.17, 15) is 8.42 Å². The second-order valence-corrected chi connectivity index (χ2v) is 17.0. The van der Waals surface area contributed by atoms with Gasteiger partial charge in [0.05, 0.1) is 29.5 Å². The van der Waals surface area contributed by atoms with Crippen LogP contribution in [0.15, 0.2) is 59.5 Å². The lowest BCUT2D eigenvalue weighted by atomic mass is 9.99. The van der Waals surface area contributed by atoms with Gasteiger partial charge in [0.1, 0.15) is 0 Å². The maximum Gasteiger partial charge on any atom is 0.294 e. The van der Waals surface area contributed by atoms with Gasteiger partial charge in [-0.15, -0.1) is 0 Å². The van der Waals surface area contributed by atoms with Crippen molar-refractivity contribution in [2.45, 2.75) is 153 Å². The largest absolute Gasteiger partial charge is 1.00 e. The first kappa shape index (κ1) is 55.5. The second kappa shape index (κ2) is 32.0. The minimum absolute atomic E-state index is 0. The van der Waals surface area contributed by atoms with Crippen LogP contribution in [-0.2, 0) is 10.1 Å². The fourth-order valence-electron chi connectivity index (χ4n) is 4.51. The minimum atomic E-state index is -4.05. The van der Waals surface area contributed by atoms with Crippen LogP contribution >= 0.6 is 7.26 Å². The molecule has 2 aromatic carbocycles. The maximum atomic E-state index is 10.7.